The van der Waals surface area contributed by atoms with E-state index in [4.69, 9.17) is 16.2 Å². The lowest BCUT2D eigenvalue weighted by atomic mass is 9.65. The lowest BCUT2D eigenvalue weighted by molar-refractivity contribution is -0.138. The average Bonchev–Trinajstić information content (AvgIpc) is 2.64. The van der Waals surface area contributed by atoms with E-state index in [2.05, 4.69) is 0 Å². The molecular formula is C20H27N3O3. The molecule has 1 aliphatic carbocycles. The molecule has 1 spiro atoms. The Hall–Kier alpha value is -2.37. The van der Waals surface area contributed by atoms with E-state index in [1.165, 1.54) is 0 Å². The summed E-state index contributed by atoms with van der Waals surface area (Å²) in [5.41, 5.74) is 7.01. The van der Waals surface area contributed by atoms with Crippen molar-refractivity contribution >= 4 is 17.7 Å². The van der Waals surface area contributed by atoms with Gasteiger partial charge in [-0.2, -0.15) is 0 Å². The molecule has 140 valence electrons. The number of rotatable bonds is 4. The van der Waals surface area contributed by atoms with Crippen LogP contribution in [-0.4, -0.2) is 40.8 Å². The molecule has 4 N–H and O–H groups in total. The largest absolute Gasteiger partial charge is 0.481 e. The standard InChI is InChI=1S/C20H27N3O3/c21-18(22)15-1-3-16(4-2-15)19(26)23-11-9-20(10-12-23)7-5-14(6-8-20)13-17(24)25/h1-4,14H,5-13H2,(H3,21,22)(H,24,25). The Morgan fingerprint density at radius 1 is 1.08 bits per heavy atom. The first-order chi connectivity index (χ1) is 12.4. The SMILES string of the molecule is N=C(N)c1ccc(C(=O)N2CCC3(CCC(CC(=O)O)CC3)CC2)cc1. The second-order valence-corrected chi connectivity index (χ2v) is 7.82. The van der Waals surface area contributed by atoms with Crippen molar-refractivity contribution in [2.75, 3.05) is 13.1 Å². The van der Waals surface area contributed by atoms with E-state index in [1.807, 2.05) is 4.90 Å². The number of nitrogens with two attached hydrogens (primary N) is 1. The molecular weight excluding hydrogens is 330 g/mol. The van der Waals surface area contributed by atoms with Gasteiger partial charge in [0.25, 0.3) is 5.91 Å². The van der Waals surface area contributed by atoms with Crippen molar-refractivity contribution in [2.45, 2.75) is 44.9 Å². The van der Waals surface area contributed by atoms with Crippen LogP contribution in [0.5, 0.6) is 0 Å². The fourth-order valence-electron chi connectivity index (χ4n) is 4.40. The molecule has 0 atom stereocenters. The third-order valence-electron chi connectivity index (χ3n) is 6.18. The Morgan fingerprint density at radius 2 is 1.62 bits per heavy atom. The number of aliphatic carboxylic acids is 1. The maximum atomic E-state index is 12.7. The summed E-state index contributed by atoms with van der Waals surface area (Å²) in [6, 6.07) is 6.90. The van der Waals surface area contributed by atoms with E-state index < -0.39 is 5.97 Å². The van der Waals surface area contributed by atoms with Crippen LogP contribution in [0.15, 0.2) is 24.3 Å². The molecule has 1 aromatic carbocycles. The van der Waals surface area contributed by atoms with Gasteiger partial charge in [-0.25, -0.2) is 0 Å². The topological polar surface area (TPSA) is 107 Å². The number of amides is 1. The highest BCUT2D eigenvalue weighted by atomic mass is 16.4. The molecule has 1 aliphatic heterocycles. The normalized spacial score (nSPS) is 20.1. The number of nitrogens with one attached hydrogen (secondary N) is 1. The summed E-state index contributed by atoms with van der Waals surface area (Å²) in [6.45, 7) is 1.52. The molecule has 0 unspecified atom stereocenters. The predicted octanol–water partition coefficient (Wildman–Crippen LogP) is 2.86. The average molecular weight is 357 g/mol. The molecule has 0 bridgehead atoms. The molecule has 1 heterocycles. The van der Waals surface area contributed by atoms with E-state index in [9.17, 15) is 9.59 Å². The third kappa shape index (κ3) is 4.06. The van der Waals surface area contributed by atoms with Gasteiger partial charge in [-0.1, -0.05) is 12.1 Å². The van der Waals surface area contributed by atoms with Crippen molar-refractivity contribution in [3.63, 3.8) is 0 Å². The van der Waals surface area contributed by atoms with Crippen molar-refractivity contribution in [2.24, 2.45) is 17.1 Å². The lowest BCUT2D eigenvalue weighted by Crippen LogP contribution is -2.44. The highest BCUT2D eigenvalue weighted by Crippen LogP contribution is 2.47. The second kappa shape index (κ2) is 7.48. The van der Waals surface area contributed by atoms with Crippen molar-refractivity contribution in [1.82, 2.24) is 4.90 Å². The molecule has 1 saturated heterocycles. The van der Waals surface area contributed by atoms with E-state index in [1.54, 1.807) is 24.3 Å². The lowest BCUT2D eigenvalue weighted by Gasteiger charge is -2.46. The van der Waals surface area contributed by atoms with E-state index >= 15 is 0 Å². The minimum atomic E-state index is -0.692. The second-order valence-electron chi connectivity index (χ2n) is 7.82. The van der Waals surface area contributed by atoms with Crippen LogP contribution >= 0.6 is 0 Å². The Labute approximate surface area is 153 Å². The first kappa shape index (κ1) is 18.4. The summed E-state index contributed by atoms with van der Waals surface area (Å²) in [7, 11) is 0. The van der Waals surface area contributed by atoms with Crippen molar-refractivity contribution in [1.29, 1.82) is 5.41 Å². The van der Waals surface area contributed by atoms with Crippen LogP contribution in [-0.2, 0) is 4.79 Å². The molecule has 26 heavy (non-hydrogen) atoms. The Morgan fingerprint density at radius 3 is 2.12 bits per heavy atom. The van der Waals surface area contributed by atoms with Crippen LogP contribution in [0, 0.1) is 16.7 Å². The highest BCUT2D eigenvalue weighted by Gasteiger charge is 2.39. The summed E-state index contributed by atoms with van der Waals surface area (Å²) in [5.74, 6) is -0.336. The molecule has 1 saturated carbocycles. The number of carbonyl (C=O) groups is 2. The fraction of sp³-hybridized carbons (Fsp3) is 0.550. The van der Waals surface area contributed by atoms with E-state index in [-0.39, 0.29) is 18.2 Å². The van der Waals surface area contributed by atoms with Gasteiger partial charge >= 0.3 is 5.97 Å². The number of likely N-dealkylation sites (tertiary alicyclic amines) is 1. The zero-order valence-corrected chi connectivity index (χ0v) is 15.0. The Kier molecular flexibility index (Phi) is 5.30. The molecule has 6 nitrogen and oxygen atoms in total. The van der Waals surface area contributed by atoms with Crippen LogP contribution in [0.25, 0.3) is 0 Å². The van der Waals surface area contributed by atoms with Gasteiger partial charge in [0.15, 0.2) is 0 Å². The number of benzene rings is 1. The van der Waals surface area contributed by atoms with E-state index in [0.717, 1.165) is 51.6 Å². The molecule has 2 fully saturated rings. The van der Waals surface area contributed by atoms with Gasteiger partial charge in [-0.15, -0.1) is 0 Å². The zero-order chi connectivity index (χ0) is 18.7. The number of hydrogen-bond acceptors (Lipinski definition) is 3. The van der Waals surface area contributed by atoms with Crippen molar-refractivity contribution in [3.05, 3.63) is 35.4 Å². The van der Waals surface area contributed by atoms with Crippen LogP contribution in [0.2, 0.25) is 0 Å². The molecule has 0 aromatic heterocycles. The minimum absolute atomic E-state index is 0.00224. The van der Waals surface area contributed by atoms with Crippen molar-refractivity contribution < 1.29 is 14.7 Å². The van der Waals surface area contributed by atoms with Gasteiger partial charge in [0, 0.05) is 30.6 Å². The number of nitrogen functional groups attached to an aromatic ring is 1. The monoisotopic (exact) mass is 357 g/mol. The molecule has 1 amide bonds. The van der Waals surface area contributed by atoms with Crippen LogP contribution in [0.3, 0.4) is 0 Å². The maximum Gasteiger partial charge on any atom is 0.303 e. The van der Waals surface area contributed by atoms with Crippen LogP contribution < -0.4 is 5.73 Å². The summed E-state index contributed by atoms with van der Waals surface area (Å²) in [5, 5.41) is 16.4. The molecule has 3 rings (SSSR count). The molecule has 6 heteroatoms. The number of carboxylic acids is 1. The number of carboxylic acid groups (broad SMARTS) is 1. The van der Waals surface area contributed by atoms with Gasteiger partial charge < -0.3 is 15.7 Å². The Bertz CT molecular complexity index is 681. The van der Waals surface area contributed by atoms with Crippen LogP contribution in [0.1, 0.15) is 60.9 Å². The van der Waals surface area contributed by atoms with Crippen molar-refractivity contribution in [3.8, 4) is 0 Å². The zero-order valence-electron chi connectivity index (χ0n) is 15.0. The van der Waals surface area contributed by atoms with Gasteiger partial charge in [-0.3, -0.25) is 15.0 Å². The van der Waals surface area contributed by atoms with Gasteiger partial charge in [0.2, 0.25) is 0 Å². The summed E-state index contributed by atoms with van der Waals surface area (Å²) < 4.78 is 0. The number of amidine groups is 1. The molecule has 1 aromatic rings. The quantitative estimate of drug-likeness (QED) is 0.569. The summed E-state index contributed by atoms with van der Waals surface area (Å²) in [4.78, 5) is 25.5. The summed E-state index contributed by atoms with van der Waals surface area (Å²) in [6.07, 6.45) is 6.45. The first-order valence-electron chi connectivity index (χ1n) is 9.34. The minimum Gasteiger partial charge on any atom is -0.481 e. The fourth-order valence-corrected chi connectivity index (χ4v) is 4.40. The first-order valence-corrected chi connectivity index (χ1v) is 9.34. The highest BCUT2D eigenvalue weighted by molar-refractivity contribution is 5.98. The van der Waals surface area contributed by atoms with Gasteiger partial charge in [0.1, 0.15) is 5.84 Å². The number of piperidine rings is 1. The van der Waals surface area contributed by atoms with Crippen LogP contribution in [0.4, 0.5) is 0 Å². The summed E-state index contributed by atoms with van der Waals surface area (Å²) >= 11 is 0. The maximum absolute atomic E-state index is 12.7. The number of carbonyl (C=O) groups excluding carboxylic acids is 1. The molecule has 2 aliphatic rings. The van der Waals surface area contributed by atoms with Gasteiger partial charge in [-0.05, 0) is 62.0 Å². The third-order valence-corrected chi connectivity index (χ3v) is 6.18. The Balaban J connectivity index is 1.54. The van der Waals surface area contributed by atoms with Gasteiger partial charge in [0.05, 0.1) is 0 Å². The molecule has 0 radical (unpaired) electrons. The number of hydrogen-bond donors (Lipinski definition) is 3. The number of nitrogens with zero attached hydrogens (tertiary/aromatic N) is 1. The predicted molar refractivity (Wildman–Crippen MR) is 99.2 cm³/mol. The van der Waals surface area contributed by atoms with E-state index in [0.29, 0.717) is 22.5 Å². The smallest absolute Gasteiger partial charge is 0.303 e.